The molecule has 3 N–H and O–H groups in total. The third-order valence-electron chi connectivity index (χ3n) is 4.85. The molecule has 0 spiro atoms. The molecule has 164 valence electrons. The second kappa shape index (κ2) is 11.9. The lowest BCUT2D eigenvalue weighted by atomic mass is 10.2. The smallest absolute Gasteiger partial charge is 0.189 e. The van der Waals surface area contributed by atoms with Crippen LogP contribution in [0.1, 0.15) is 12.5 Å². The highest BCUT2D eigenvalue weighted by atomic mass is 127. The Morgan fingerprint density at radius 3 is 2.53 bits per heavy atom. The van der Waals surface area contributed by atoms with Gasteiger partial charge in [-0.25, -0.2) is 14.4 Å². The monoisotopic (exact) mass is 528 g/mol. The van der Waals surface area contributed by atoms with E-state index >= 15 is 0 Å². The maximum Gasteiger partial charge on any atom is 0.189 e. The van der Waals surface area contributed by atoms with Crippen LogP contribution in [0.2, 0.25) is 0 Å². The summed E-state index contributed by atoms with van der Waals surface area (Å²) in [7, 11) is 1.66. The molecule has 0 aliphatic carbocycles. The lowest BCUT2D eigenvalue weighted by molar-refractivity contribution is 0.179. The van der Waals surface area contributed by atoms with Gasteiger partial charge in [0.05, 0.1) is 13.2 Å². The van der Waals surface area contributed by atoms with E-state index in [1.165, 1.54) is 12.1 Å². The Labute approximate surface area is 194 Å². The molecule has 1 unspecified atom stereocenters. The van der Waals surface area contributed by atoms with Crippen LogP contribution in [0.25, 0.3) is 0 Å². The number of piperazine rings is 1. The standard InChI is InChI=1S/C21H29FN6O.HI/c1-16(15-29-2)26-21(23)25-14-17-7-8-24-20(13-17)28-11-9-27(10-12-28)19-5-3-18(22)4-6-19;/h3-8,13,16H,9-12,14-15H2,1-2H3,(H3,23,25,26);1H. The summed E-state index contributed by atoms with van der Waals surface area (Å²) in [5, 5.41) is 3.10. The zero-order valence-corrected chi connectivity index (χ0v) is 19.8. The molecular weight excluding hydrogens is 498 g/mol. The van der Waals surface area contributed by atoms with Gasteiger partial charge in [-0.05, 0) is 48.9 Å². The Hall–Kier alpha value is -2.14. The van der Waals surface area contributed by atoms with E-state index in [4.69, 9.17) is 10.5 Å². The van der Waals surface area contributed by atoms with Crippen LogP contribution in [0.5, 0.6) is 0 Å². The van der Waals surface area contributed by atoms with Gasteiger partial charge in [-0.1, -0.05) is 0 Å². The number of pyridine rings is 1. The van der Waals surface area contributed by atoms with E-state index in [1.54, 1.807) is 7.11 Å². The van der Waals surface area contributed by atoms with Crippen molar-refractivity contribution in [2.45, 2.75) is 19.5 Å². The van der Waals surface area contributed by atoms with Gasteiger partial charge in [0.15, 0.2) is 5.96 Å². The number of nitrogens with two attached hydrogens (primary N) is 1. The van der Waals surface area contributed by atoms with E-state index in [0.717, 1.165) is 43.2 Å². The molecule has 30 heavy (non-hydrogen) atoms. The topological polar surface area (TPSA) is 79.0 Å². The Balaban J connectivity index is 0.00000320. The predicted octanol–water partition coefficient (Wildman–Crippen LogP) is 2.60. The van der Waals surface area contributed by atoms with Gasteiger partial charge in [0, 0.05) is 51.2 Å². The van der Waals surface area contributed by atoms with Crippen molar-refractivity contribution in [2.75, 3.05) is 49.7 Å². The first kappa shape index (κ1) is 24.1. The van der Waals surface area contributed by atoms with Crippen LogP contribution in [0.4, 0.5) is 15.9 Å². The lowest BCUT2D eigenvalue weighted by Gasteiger charge is -2.36. The number of nitrogens with zero attached hydrogens (tertiary/aromatic N) is 4. The summed E-state index contributed by atoms with van der Waals surface area (Å²) < 4.78 is 18.2. The number of aliphatic imine (C=N–C) groups is 1. The zero-order valence-electron chi connectivity index (χ0n) is 17.4. The van der Waals surface area contributed by atoms with Crippen molar-refractivity contribution in [3.05, 3.63) is 54.0 Å². The van der Waals surface area contributed by atoms with Gasteiger partial charge < -0.3 is 25.6 Å². The molecule has 7 nitrogen and oxygen atoms in total. The molecule has 0 saturated carbocycles. The number of hydrogen-bond acceptors (Lipinski definition) is 5. The molecule has 1 aliphatic rings. The van der Waals surface area contributed by atoms with Crippen LogP contribution < -0.4 is 20.9 Å². The third-order valence-corrected chi connectivity index (χ3v) is 4.85. The number of aromatic nitrogens is 1. The summed E-state index contributed by atoms with van der Waals surface area (Å²) in [6.45, 7) is 6.49. The molecule has 2 aromatic rings. The minimum atomic E-state index is -0.208. The normalized spacial score (nSPS) is 15.5. The van der Waals surface area contributed by atoms with Crippen molar-refractivity contribution in [3.8, 4) is 0 Å². The molecule has 9 heteroatoms. The number of anilines is 2. The van der Waals surface area contributed by atoms with E-state index in [0.29, 0.717) is 19.1 Å². The number of methoxy groups -OCH3 is 1. The van der Waals surface area contributed by atoms with Crippen molar-refractivity contribution in [3.63, 3.8) is 0 Å². The highest BCUT2D eigenvalue weighted by molar-refractivity contribution is 14.0. The summed E-state index contributed by atoms with van der Waals surface area (Å²) in [6.07, 6.45) is 1.81. The number of rotatable bonds is 7. The molecule has 1 aromatic carbocycles. The van der Waals surface area contributed by atoms with Gasteiger partial charge in [-0.3, -0.25) is 0 Å². The molecular formula is C21H30FIN6O. The number of benzene rings is 1. The molecule has 2 heterocycles. The largest absolute Gasteiger partial charge is 0.383 e. The van der Waals surface area contributed by atoms with Crippen molar-refractivity contribution in [2.24, 2.45) is 10.7 Å². The minimum absolute atomic E-state index is 0. The minimum Gasteiger partial charge on any atom is -0.383 e. The van der Waals surface area contributed by atoms with Gasteiger partial charge in [0.25, 0.3) is 0 Å². The van der Waals surface area contributed by atoms with Gasteiger partial charge in [0.1, 0.15) is 11.6 Å². The maximum absolute atomic E-state index is 13.1. The van der Waals surface area contributed by atoms with E-state index in [1.807, 2.05) is 31.3 Å². The first-order chi connectivity index (χ1) is 14.0. The average molecular weight is 528 g/mol. The van der Waals surface area contributed by atoms with Crippen LogP contribution in [-0.2, 0) is 11.3 Å². The zero-order chi connectivity index (χ0) is 20.6. The number of halogens is 2. The summed E-state index contributed by atoms with van der Waals surface area (Å²) in [4.78, 5) is 13.4. The van der Waals surface area contributed by atoms with E-state index in [9.17, 15) is 4.39 Å². The van der Waals surface area contributed by atoms with Gasteiger partial charge in [-0.2, -0.15) is 0 Å². The lowest BCUT2D eigenvalue weighted by Crippen LogP contribution is -2.46. The molecule has 0 radical (unpaired) electrons. The quantitative estimate of drug-likeness (QED) is 0.327. The molecule has 1 aliphatic heterocycles. The number of hydrogen-bond donors (Lipinski definition) is 2. The Kier molecular flexibility index (Phi) is 9.57. The van der Waals surface area contributed by atoms with Gasteiger partial charge in [-0.15, -0.1) is 24.0 Å². The van der Waals surface area contributed by atoms with Crippen molar-refractivity contribution in [1.29, 1.82) is 0 Å². The van der Waals surface area contributed by atoms with Gasteiger partial charge >= 0.3 is 0 Å². The van der Waals surface area contributed by atoms with Crippen molar-refractivity contribution < 1.29 is 9.13 Å². The predicted molar refractivity (Wildman–Crippen MR) is 130 cm³/mol. The number of nitrogens with one attached hydrogen (secondary N) is 1. The molecule has 1 saturated heterocycles. The molecule has 1 atom stereocenters. The van der Waals surface area contributed by atoms with Crippen LogP contribution in [0.3, 0.4) is 0 Å². The summed E-state index contributed by atoms with van der Waals surface area (Å²) in [6, 6.07) is 10.8. The fraction of sp³-hybridized carbons (Fsp3) is 0.429. The fourth-order valence-electron chi connectivity index (χ4n) is 3.34. The molecule has 0 bridgehead atoms. The Morgan fingerprint density at radius 2 is 1.87 bits per heavy atom. The van der Waals surface area contributed by atoms with E-state index < -0.39 is 0 Å². The first-order valence-electron chi connectivity index (χ1n) is 9.81. The summed E-state index contributed by atoms with van der Waals surface area (Å²) in [5.41, 5.74) is 8.05. The van der Waals surface area contributed by atoms with Crippen molar-refractivity contribution in [1.82, 2.24) is 10.3 Å². The molecule has 1 fully saturated rings. The summed E-state index contributed by atoms with van der Waals surface area (Å²) >= 11 is 0. The second-order valence-electron chi connectivity index (χ2n) is 7.17. The average Bonchev–Trinajstić information content (AvgIpc) is 2.73. The number of ether oxygens (including phenoxy) is 1. The summed E-state index contributed by atoms with van der Waals surface area (Å²) in [5.74, 6) is 1.14. The number of guanidine groups is 1. The molecule has 1 aromatic heterocycles. The van der Waals surface area contributed by atoms with Crippen LogP contribution in [-0.4, -0.2) is 56.9 Å². The third kappa shape index (κ3) is 6.98. The Bertz CT molecular complexity index is 811. The first-order valence-corrected chi connectivity index (χ1v) is 9.81. The highest BCUT2D eigenvalue weighted by Gasteiger charge is 2.18. The second-order valence-corrected chi connectivity index (χ2v) is 7.17. The van der Waals surface area contributed by atoms with E-state index in [-0.39, 0.29) is 35.8 Å². The van der Waals surface area contributed by atoms with Gasteiger partial charge in [0.2, 0.25) is 0 Å². The fourth-order valence-corrected chi connectivity index (χ4v) is 3.34. The SMILES string of the molecule is COCC(C)NC(N)=NCc1ccnc(N2CCN(c3ccc(F)cc3)CC2)c1.I. The van der Waals surface area contributed by atoms with Crippen LogP contribution >= 0.6 is 24.0 Å². The van der Waals surface area contributed by atoms with Crippen molar-refractivity contribution >= 4 is 41.4 Å². The molecule has 3 rings (SSSR count). The molecule has 0 amide bonds. The van der Waals surface area contributed by atoms with Crippen LogP contribution in [0.15, 0.2) is 47.6 Å². The van der Waals surface area contributed by atoms with Crippen LogP contribution in [0, 0.1) is 5.82 Å². The maximum atomic E-state index is 13.1. The highest BCUT2D eigenvalue weighted by Crippen LogP contribution is 2.20. The Morgan fingerprint density at radius 1 is 1.20 bits per heavy atom. The van der Waals surface area contributed by atoms with E-state index in [2.05, 4.69) is 31.2 Å².